The number of carbonyl (C=O) groups excluding carboxylic acids is 1. The maximum absolute atomic E-state index is 13.2. The topological polar surface area (TPSA) is 75.9 Å². The van der Waals surface area contributed by atoms with E-state index in [-0.39, 0.29) is 17.6 Å². The number of nitrogens with one attached hydrogen (secondary N) is 1. The van der Waals surface area contributed by atoms with Gasteiger partial charge in [-0.25, -0.2) is 4.98 Å². The van der Waals surface area contributed by atoms with Crippen molar-refractivity contribution in [2.75, 3.05) is 25.0 Å². The van der Waals surface area contributed by atoms with Crippen LogP contribution in [0.25, 0.3) is 11.7 Å². The van der Waals surface area contributed by atoms with Crippen LogP contribution >= 0.6 is 24.0 Å². The molecule has 0 saturated carbocycles. The highest BCUT2D eigenvalue weighted by Crippen LogP contribution is 2.34. The predicted molar refractivity (Wildman–Crippen MR) is 124 cm³/mol. The van der Waals surface area contributed by atoms with E-state index in [0.717, 1.165) is 19.4 Å². The SMILES string of the molecule is CC(C)CNc1nc2ccccn2c(=O)c1/C=C1\SC(=S)N(CC2CCCO2)C1=O. The van der Waals surface area contributed by atoms with Crippen LogP contribution in [0.2, 0.25) is 0 Å². The summed E-state index contributed by atoms with van der Waals surface area (Å²) in [5.74, 6) is 0.663. The van der Waals surface area contributed by atoms with Crippen molar-refractivity contribution in [2.24, 2.45) is 5.92 Å². The molecule has 9 heteroatoms. The summed E-state index contributed by atoms with van der Waals surface area (Å²) in [5.41, 5.74) is 0.685. The number of thiocarbonyl (C=S) groups is 1. The molecule has 4 heterocycles. The van der Waals surface area contributed by atoms with Crippen LogP contribution in [-0.2, 0) is 9.53 Å². The number of rotatable bonds is 6. The van der Waals surface area contributed by atoms with E-state index in [1.807, 2.05) is 6.07 Å². The molecule has 0 spiro atoms. The van der Waals surface area contributed by atoms with Gasteiger partial charge in [0.2, 0.25) is 0 Å². The van der Waals surface area contributed by atoms with Crippen LogP contribution in [0.5, 0.6) is 0 Å². The molecule has 0 aromatic carbocycles. The number of pyridine rings is 1. The normalized spacial score (nSPS) is 20.8. The molecule has 4 rings (SSSR count). The van der Waals surface area contributed by atoms with Gasteiger partial charge in [0, 0.05) is 19.3 Å². The zero-order valence-electron chi connectivity index (χ0n) is 17.0. The Hall–Kier alpha value is -2.23. The molecule has 0 aliphatic carbocycles. The van der Waals surface area contributed by atoms with Gasteiger partial charge in [-0.05, 0) is 37.0 Å². The molecule has 2 fully saturated rings. The van der Waals surface area contributed by atoms with E-state index < -0.39 is 0 Å². The quantitative estimate of drug-likeness (QED) is 0.542. The van der Waals surface area contributed by atoms with Gasteiger partial charge in [0.15, 0.2) is 0 Å². The van der Waals surface area contributed by atoms with E-state index in [0.29, 0.717) is 45.3 Å². The van der Waals surface area contributed by atoms with Crippen LogP contribution in [0, 0.1) is 5.92 Å². The Kier molecular flexibility index (Phi) is 6.21. The third-order valence-electron chi connectivity index (χ3n) is 5.01. The van der Waals surface area contributed by atoms with Gasteiger partial charge >= 0.3 is 0 Å². The van der Waals surface area contributed by atoms with Crippen molar-refractivity contribution in [1.29, 1.82) is 0 Å². The molecule has 2 aromatic rings. The van der Waals surface area contributed by atoms with Gasteiger partial charge < -0.3 is 10.1 Å². The maximum Gasteiger partial charge on any atom is 0.267 e. The number of ether oxygens (including phenoxy) is 1. The predicted octanol–water partition coefficient (Wildman–Crippen LogP) is 3.14. The molecule has 1 unspecified atom stereocenters. The molecule has 7 nitrogen and oxygen atoms in total. The van der Waals surface area contributed by atoms with Crippen LogP contribution in [0.1, 0.15) is 32.3 Å². The fourth-order valence-corrected chi connectivity index (χ4v) is 4.71. The minimum absolute atomic E-state index is 0.0167. The van der Waals surface area contributed by atoms with Gasteiger partial charge in [0.05, 0.1) is 23.1 Å². The van der Waals surface area contributed by atoms with Crippen LogP contribution in [0.15, 0.2) is 34.1 Å². The standard InChI is InChI=1S/C21H24N4O3S2/c1-13(2)11-22-18-15(19(26)24-8-4-3-7-17(24)23-18)10-16-20(27)25(21(29)30-16)12-14-6-5-9-28-14/h3-4,7-8,10,13-14,22H,5-6,9,11-12H2,1-2H3/b16-10-. The molecule has 2 aliphatic rings. The number of hydrogen-bond donors (Lipinski definition) is 1. The molecular weight excluding hydrogens is 420 g/mol. The Balaban J connectivity index is 1.70. The number of anilines is 1. The van der Waals surface area contributed by atoms with Crippen LogP contribution in [-0.4, -0.2) is 50.3 Å². The first-order valence-electron chi connectivity index (χ1n) is 10.1. The summed E-state index contributed by atoms with van der Waals surface area (Å²) in [6.07, 6.45) is 5.24. The highest BCUT2D eigenvalue weighted by molar-refractivity contribution is 8.26. The van der Waals surface area contributed by atoms with Crippen molar-refractivity contribution >= 4 is 51.7 Å². The molecule has 2 aromatic heterocycles. The monoisotopic (exact) mass is 444 g/mol. The Bertz CT molecular complexity index is 1070. The summed E-state index contributed by atoms with van der Waals surface area (Å²) in [7, 11) is 0. The van der Waals surface area contributed by atoms with Crippen LogP contribution in [0.3, 0.4) is 0 Å². The number of aromatic nitrogens is 2. The number of carbonyl (C=O) groups is 1. The Morgan fingerprint density at radius 3 is 2.97 bits per heavy atom. The molecule has 1 amide bonds. The highest BCUT2D eigenvalue weighted by Gasteiger charge is 2.35. The summed E-state index contributed by atoms with van der Waals surface area (Å²) in [5, 5.41) is 3.26. The second-order valence-electron chi connectivity index (χ2n) is 7.81. The number of nitrogens with zero attached hydrogens (tertiary/aromatic N) is 3. The lowest BCUT2D eigenvalue weighted by Crippen LogP contribution is -2.35. The van der Waals surface area contributed by atoms with Crippen LogP contribution in [0.4, 0.5) is 5.82 Å². The average Bonchev–Trinajstić information content (AvgIpc) is 3.33. The Morgan fingerprint density at radius 1 is 1.40 bits per heavy atom. The maximum atomic E-state index is 13.2. The van der Waals surface area contributed by atoms with Gasteiger partial charge in [0.25, 0.3) is 11.5 Å². The zero-order valence-corrected chi connectivity index (χ0v) is 18.6. The largest absolute Gasteiger partial charge is 0.376 e. The lowest BCUT2D eigenvalue weighted by atomic mass is 10.2. The van der Waals surface area contributed by atoms with Gasteiger partial charge in [-0.2, -0.15) is 0 Å². The molecule has 30 heavy (non-hydrogen) atoms. The van der Waals surface area contributed by atoms with Crippen molar-refractivity contribution in [3.05, 3.63) is 45.2 Å². The first kappa shape index (κ1) is 21.0. The second-order valence-corrected chi connectivity index (χ2v) is 9.49. The van der Waals surface area contributed by atoms with E-state index in [9.17, 15) is 9.59 Å². The summed E-state index contributed by atoms with van der Waals surface area (Å²) >= 11 is 6.65. The van der Waals surface area contributed by atoms with E-state index >= 15 is 0 Å². The Labute approximate surface area is 184 Å². The van der Waals surface area contributed by atoms with Crippen molar-refractivity contribution in [1.82, 2.24) is 14.3 Å². The molecule has 0 bridgehead atoms. The highest BCUT2D eigenvalue weighted by atomic mass is 32.2. The fourth-order valence-electron chi connectivity index (χ4n) is 3.45. The van der Waals surface area contributed by atoms with Crippen molar-refractivity contribution in [2.45, 2.75) is 32.8 Å². The molecule has 1 N–H and O–H groups in total. The summed E-state index contributed by atoms with van der Waals surface area (Å²) in [4.78, 5) is 32.8. The van der Waals surface area contributed by atoms with Gasteiger partial charge in [-0.3, -0.25) is 18.9 Å². The first-order chi connectivity index (χ1) is 14.4. The van der Waals surface area contributed by atoms with Crippen LogP contribution < -0.4 is 10.9 Å². The first-order valence-corrected chi connectivity index (χ1v) is 11.3. The summed E-state index contributed by atoms with van der Waals surface area (Å²) in [6.45, 7) is 6.00. The van der Waals surface area contributed by atoms with Crippen molar-refractivity contribution < 1.29 is 9.53 Å². The third kappa shape index (κ3) is 4.28. The van der Waals surface area contributed by atoms with Gasteiger partial charge in [-0.1, -0.05) is 43.9 Å². The lowest BCUT2D eigenvalue weighted by molar-refractivity contribution is -0.123. The average molecular weight is 445 g/mol. The smallest absolute Gasteiger partial charge is 0.267 e. The molecular formula is C21H24N4O3S2. The summed E-state index contributed by atoms with van der Waals surface area (Å²) in [6, 6.07) is 5.40. The minimum atomic E-state index is -0.226. The molecule has 1 atom stereocenters. The number of amides is 1. The van der Waals surface area contributed by atoms with Crippen molar-refractivity contribution in [3.8, 4) is 0 Å². The van der Waals surface area contributed by atoms with E-state index in [2.05, 4.69) is 24.1 Å². The number of thioether (sulfide) groups is 1. The lowest BCUT2D eigenvalue weighted by Gasteiger charge is -2.18. The zero-order chi connectivity index (χ0) is 21.3. The number of fused-ring (bicyclic) bond motifs is 1. The van der Waals surface area contributed by atoms with Gasteiger partial charge in [0.1, 0.15) is 15.8 Å². The minimum Gasteiger partial charge on any atom is -0.376 e. The van der Waals surface area contributed by atoms with Crippen molar-refractivity contribution in [3.63, 3.8) is 0 Å². The third-order valence-corrected chi connectivity index (χ3v) is 6.38. The fraction of sp³-hybridized carbons (Fsp3) is 0.429. The molecule has 0 radical (unpaired) electrons. The number of hydrogen-bond acceptors (Lipinski definition) is 7. The van der Waals surface area contributed by atoms with E-state index in [1.165, 1.54) is 16.2 Å². The summed E-state index contributed by atoms with van der Waals surface area (Å²) < 4.78 is 7.63. The molecule has 2 saturated heterocycles. The van der Waals surface area contributed by atoms with Gasteiger partial charge in [-0.15, -0.1) is 0 Å². The molecule has 2 aliphatic heterocycles. The van der Waals surface area contributed by atoms with E-state index in [4.69, 9.17) is 17.0 Å². The Morgan fingerprint density at radius 2 is 2.23 bits per heavy atom. The van der Waals surface area contributed by atoms with E-state index in [1.54, 1.807) is 29.3 Å². The second kappa shape index (κ2) is 8.87. The molecule has 158 valence electrons.